The van der Waals surface area contributed by atoms with Crippen LogP contribution in [0.5, 0.6) is 0 Å². The van der Waals surface area contributed by atoms with Crippen LogP contribution in [0.4, 0.5) is 10.5 Å². The molecule has 1 saturated carbocycles. The van der Waals surface area contributed by atoms with Crippen molar-refractivity contribution in [3.05, 3.63) is 106 Å². The van der Waals surface area contributed by atoms with Gasteiger partial charge in [0, 0.05) is 34.9 Å². The van der Waals surface area contributed by atoms with E-state index in [1.54, 1.807) is 29.2 Å². The number of ether oxygens (including phenoxy) is 1. The van der Waals surface area contributed by atoms with Crippen LogP contribution in [0.2, 0.25) is 5.02 Å². The minimum atomic E-state index is -1.08. The number of methoxy groups -OCH3 is 1. The number of carboxylic acid groups (broad SMARTS) is 1. The minimum Gasteiger partial charge on any atom is -0.478 e. The summed E-state index contributed by atoms with van der Waals surface area (Å²) in [6.45, 7) is 0.290. The first-order valence-electron chi connectivity index (χ1n) is 15.8. The summed E-state index contributed by atoms with van der Waals surface area (Å²) in [7, 11) is 1.35. The van der Waals surface area contributed by atoms with Crippen LogP contribution in [0.3, 0.4) is 0 Å². The van der Waals surface area contributed by atoms with Crippen molar-refractivity contribution in [2.24, 2.45) is 0 Å². The lowest BCUT2D eigenvalue weighted by atomic mass is 9.77. The van der Waals surface area contributed by atoms with Crippen molar-refractivity contribution in [1.82, 2.24) is 30.4 Å². The molecule has 14 heteroatoms. The molecule has 3 amide bonds. The predicted molar refractivity (Wildman–Crippen MR) is 180 cm³/mol. The standard InChI is InChI=1S/C35H34ClN7O6/c1-49-35(48)39-26-11-5-21(6-12-26)27-3-2-4-29-28(27)17-18-42(32(29)33(45)38-25-13-7-22(8-14-25)34(46)47)31(44)16-9-23-19-24(36)10-15-30(23)43-20-37-40-41-43/h2-4,7-10,13-16,19-21,26,32H,5-6,11-12,17-18H2,1H3,(H,38,45)(H,39,48)(H,46,47)/b16-9+. The Morgan fingerprint density at radius 2 is 1.76 bits per heavy atom. The van der Waals surface area contributed by atoms with E-state index in [1.807, 2.05) is 12.1 Å². The van der Waals surface area contributed by atoms with Crippen LogP contribution in [0.25, 0.3) is 11.8 Å². The Bertz CT molecular complexity index is 1890. The second-order valence-electron chi connectivity index (χ2n) is 11.9. The highest BCUT2D eigenvalue weighted by Gasteiger charge is 2.37. The van der Waals surface area contributed by atoms with Crippen LogP contribution in [0.1, 0.15) is 70.3 Å². The summed E-state index contributed by atoms with van der Waals surface area (Å²) in [6, 6.07) is 16.0. The quantitative estimate of drug-likeness (QED) is 0.212. The van der Waals surface area contributed by atoms with E-state index in [4.69, 9.17) is 16.3 Å². The molecule has 3 aromatic carbocycles. The number of halogens is 1. The molecule has 1 aliphatic heterocycles. The average molecular weight is 684 g/mol. The van der Waals surface area contributed by atoms with E-state index < -0.39 is 24.0 Å². The van der Waals surface area contributed by atoms with Crippen LogP contribution in [0.15, 0.2) is 73.1 Å². The summed E-state index contributed by atoms with van der Waals surface area (Å²) in [6.07, 6.45) is 7.88. The molecular formula is C35H34ClN7O6. The number of aromatic nitrogens is 4. The fourth-order valence-electron chi connectivity index (χ4n) is 6.68. The Labute approximate surface area is 286 Å². The number of carboxylic acids is 1. The van der Waals surface area contributed by atoms with E-state index in [0.29, 0.717) is 28.4 Å². The van der Waals surface area contributed by atoms with Gasteiger partial charge in [-0.2, -0.15) is 4.68 Å². The number of hydrogen-bond donors (Lipinski definition) is 3. The predicted octanol–water partition coefficient (Wildman–Crippen LogP) is 5.17. The molecule has 252 valence electrons. The molecule has 0 bridgehead atoms. The average Bonchev–Trinajstić information content (AvgIpc) is 3.65. The smallest absolute Gasteiger partial charge is 0.407 e. The lowest BCUT2D eigenvalue weighted by Gasteiger charge is -2.38. The molecule has 0 spiro atoms. The number of benzene rings is 3. The number of tetrazole rings is 1. The second-order valence-corrected chi connectivity index (χ2v) is 12.4. The molecule has 2 heterocycles. The van der Waals surface area contributed by atoms with E-state index in [1.165, 1.54) is 48.5 Å². The van der Waals surface area contributed by atoms with Gasteiger partial charge in [0.15, 0.2) is 0 Å². The van der Waals surface area contributed by atoms with Crippen LogP contribution < -0.4 is 10.6 Å². The maximum absolute atomic E-state index is 14.1. The van der Waals surface area contributed by atoms with Crippen molar-refractivity contribution in [3.8, 4) is 5.69 Å². The number of aromatic carboxylic acids is 1. The lowest BCUT2D eigenvalue weighted by molar-refractivity contribution is -0.135. The van der Waals surface area contributed by atoms with Gasteiger partial charge in [-0.05, 0) is 114 Å². The zero-order valence-electron chi connectivity index (χ0n) is 26.6. The number of nitrogens with one attached hydrogen (secondary N) is 2. The van der Waals surface area contributed by atoms with E-state index >= 15 is 0 Å². The van der Waals surface area contributed by atoms with Gasteiger partial charge in [-0.25, -0.2) is 9.59 Å². The highest BCUT2D eigenvalue weighted by molar-refractivity contribution is 6.30. The first-order valence-corrected chi connectivity index (χ1v) is 16.2. The van der Waals surface area contributed by atoms with Gasteiger partial charge in [-0.1, -0.05) is 29.8 Å². The van der Waals surface area contributed by atoms with Crippen molar-refractivity contribution in [2.45, 2.75) is 50.1 Å². The van der Waals surface area contributed by atoms with E-state index in [0.717, 1.165) is 42.4 Å². The van der Waals surface area contributed by atoms with Gasteiger partial charge in [0.2, 0.25) is 5.91 Å². The van der Waals surface area contributed by atoms with Crippen molar-refractivity contribution in [2.75, 3.05) is 19.0 Å². The fraction of sp³-hybridized carbons (Fsp3) is 0.286. The molecule has 2 aliphatic rings. The molecule has 13 nitrogen and oxygen atoms in total. The van der Waals surface area contributed by atoms with Gasteiger partial charge in [0.1, 0.15) is 12.4 Å². The largest absolute Gasteiger partial charge is 0.478 e. The third-order valence-electron chi connectivity index (χ3n) is 9.05. The van der Waals surface area contributed by atoms with Gasteiger partial charge >= 0.3 is 12.1 Å². The van der Waals surface area contributed by atoms with Gasteiger partial charge in [-0.15, -0.1) is 5.10 Å². The minimum absolute atomic E-state index is 0.0370. The van der Waals surface area contributed by atoms with E-state index in [-0.39, 0.29) is 30.0 Å². The number of hydrogen-bond acceptors (Lipinski definition) is 8. The zero-order valence-corrected chi connectivity index (χ0v) is 27.3. The lowest BCUT2D eigenvalue weighted by Crippen LogP contribution is -2.45. The first kappa shape index (κ1) is 33.3. The monoisotopic (exact) mass is 683 g/mol. The summed E-state index contributed by atoms with van der Waals surface area (Å²) < 4.78 is 6.23. The van der Waals surface area contributed by atoms with E-state index in [9.17, 15) is 24.3 Å². The SMILES string of the molecule is COC(=O)NC1CCC(c2cccc3c2CCN(C(=O)/C=C/c2cc(Cl)ccc2-n2cnnn2)C3C(=O)Nc2ccc(C(=O)O)cc2)CC1. The van der Waals surface area contributed by atoms with Gasteiger partial charge in [0.05, 0.1) is 18.4 Å². The maximum atomic E-state index is 14.1. The Balaban J connectivity index is 1.30. The molecule has 1 aromatic heterocycles. The third-order valence-corrected chi connectivity index (χ3v) is 9.29. The summed E-state index contributed by atoms with van der Waals surface area (Å²) in [5, 5.41) is 26.9. The molecular weight excluding hydrogens is 650 g/mol. The molecule has 49 heavy (non-hydrogen) atoms. The molecule has 6 rings (SSSR count). The molecule has 1 fully saturated rings. The zero-order chi connectivity index (χ0) is 34.5. The highest BCUT2D eigenvalue weighted by atomic mass is 35.5. The number of carbonyl (C=O) groups excluding carboxylic acids is 3. The topological polar surface area (TPSA) is 169 Å². The van der Waals surface area contributed by atoms with Gasteiger partial charge in [0.25, 0.3) is 5.91 Å². The van der Waals surface area contributed by atoms with Gasteiger partial charge < -0.3 is 25.4 Å². The Kier molecular flexibility index (Phi) is 10.00. The molecule has 3 N–H and O–H groups in total. The normalized spacial score (nSPS) is 18.8. The second kappa shape index (κ2) is 14.7. The summed E-state index contributed by atoms with van der Waals surface area (Å²) in [4.78, 5) is 52.7. The maximum Gasteiger partial charge on any atom is 0.407 e. The Morgan fingerprint density at radius 1 is 1.00 bits per heavy atom. The molecule has 4 aromatic rings. The molecule has 1 atom stereocenters. The summed E-state index contributed by atoms with van der Waals surface area (Å²) in [5.41, 5.74) is 4.63. The van der Waals surface area contributed by atoms with Crippen molar-refractivity contribution < 1.29 is 29.0 Å². The summed E-state index contributed by atoms with van der Waals surface area (Å²) in [5.74, 6) is -1.65. The van der Waals surface area contributed by atoms with Crippen LogP contribution >= 0.6 is 11.6 Å². The third kappa shape index (κ3) is 7.46. The van der Waals surface area contributed by atoms with Crippen molar-refractivity contribution in [1.29, 1.82) is 0 Å². The first-order chi connectivity index (χ1) is 23.7. The van der Waals surface area contributed by atoms with E-state index in [2.05, 4.69) is 32.2 Å². The Morgan fingerprint density at radius 3 is 2.45 bits per heavy atom. The highest BCUT2D eigenvalue weighted by Crippen LogP contribution is 2.40. The van der Waals surface area contributed by atoms with Crippen LogP contribution in [-0.4, -0.2) is 73.8 Å². The summed E-state index contributed by atoms with van der Waals surface area (Å²) >= 11 is 6.28. The number of carbonyl (C=O) groups is 4. The van der Waals surface area contributed by atoms with Crippen molar-refractivity contribution >= 4 is 47.2 Å². The number of alkyl carbamates (subject to hydrolysis) is 1. The molecule has 0 radical (unpaired) electrons. The fourth-order valence-corrected chi connectivity index (χ4v) is 6.86. The Hall–Kier alpha value is -5.56. The van der Waals surface area contributed by atoms with Gasteiger partial charge in [-0.3, -0.25) is 9.59 Å². The number of anilines is 1. The molecule has 1 aliphatic carbocycles. The van der Waals surface area contributed by atoms with Crippen molar-refractivity contribution in [3.63, 3.8) is 0 Å². The number of fused-ring (bicyclic) bond motifs is 1. The van der Waals surface area contributed by atoms with Crippen LogP contribution in [0, 0.1) is 0 Å². The number of rotatable bonds is 8. The molecule has 0 saturated heterocycles. The number of nitrogens with zero attached hydrogens (tertiary/aromatic N) is 5. The van der Waals surface area contributed by atoms with Crippen LogP contribution in [-0.2, 0) is 20.7 Å². The molecule has 1 unspecified atom stereocenters. The number of amides is 3.